The summed E-state index contributed by atoms with van der Waals surface area (Å²) in [6, 6.07) is 0. The van der Waals surface area contributed by atoms with Crippen molar-refractivity contribution in [3.05, 3.63) is 36.8 Å². The van der Waals surface area contributed by atoms with Gasteiger partial charge in [0.1, 0.15) is 7.94 Å². The maximum absolute atomic E-state index is 6.26. The van der Waals surface area contributed by atoms with E-state index in [9.17, 15) is 0 Å². The molecule has 0 amide bonds. The molecule has 0 aliphatic rings. The van der Waals surface area contributed by atoms with Crippen LogP contribution in [0.4, 0.5) is 0 Å². The van der Waals surface area contributed by atoms with Crippen molar-refractivity contribution in [1.82, 2.24) is 0 Å². The van der Waals surface area contributed by atoms with E-state index in [1.807, 2.05) is 17.1 Å². The minimum atomic E-state index is -1.87. The Morgan fingerprint density at radius 3 is 1.28 bits per heavy atom. The minimum absolute atomic E-state index is 0.158. The van der Waals surface area contributed by atoms with Gasteiger partial charge in [0.15, 0.2) is 16.6 Å². The lowest BCUT2D eigenvalue weighted by Crippen LogP contribution is -2.57. The first kappa shape index (κ1) is 17.9. The molecule has 2 nitrogen and oxygen atoms in total. The second-order valence-electron chi connectivity index (χ2n) is 6.21. The monoisotopic (exact) mass is 298 g/mol. The van der Waals surface area contributed by atoms with Gasteiger partial charge in [0, 0.05) is 0 Å². The van der Waals surface area contributed by atoms with Gasteiger partial charge in [-0.25, -0.2) is 0 Å². The van der Waals surface area contributed by atoms with Gasteiger partial charge in [0.2, 0.25) is 0 Å². The van der Waals surface area contributed by atoms with Crippen LogP contribution in [0.15, 0.2) is 36.8 Å². The molecule has 0 bridgehead atoms. The van der Waals surface area contributed by atoms with Crippen molar-refractivity contribution in [2.45, 2.75) is 39.3 Å². The second kappa shape index (κ2) is 6.34. The van der Waals surface area contributed by atoms with Gasteiger partial charge in [0.05, 0.1) is 0 Å². The van der Waals surface area contributed by atoms with Crippen LogP contribution in [0.25, 0.3) is 0 Å². The summed E-state index contributed by atoms with van der Waals surface area (Å²) in [6.07, 6.45) is 0. The van der Waals surface area contributed by atoms with Gasteiger partial charge in [0.25, 0.3) is 0 Å². The number of rotatable bonds is 8. The highest BCUT2D eigenvalue weighted by molar-refractivity contribution is 7.32. The fraction of sp³-hybridized carbons (Fsp3) is 0.500. The molecule has 0 aliphatic carbocycles. The molecule has 6 heteroatoms. The molecular formula is C12H27BO2Si3. The quantitative estimate of drug-likeness (QED) is 0.633. The molecule has 0 N–H and O–H groups in total. The van der Waals surface area contributed by atoms with E-state index in [0.29, 0.717) is 0 Å². The molecule has 0 rings (SSSR count). The first-order valence-electron chi connectivity index (χ1n) is 6.26. The van der Waals surface area contributed by atoms with Crippen molar-refractivity contribution < 1.29 is 8.69 Å². The molecule has 18 heavy (non-hydrogen) atoms. The first-order valence-corrected chi connectivity index (χ1v) is 15.4. The first-order chi connectivity index (χ1) is 7.99. The van der Waals surface area contributed by atoms with Crippen LogP contribution in [0.2, 0.25) is 39.3 Å². The van der Waals surface area contributed by atoms with Crippen LogP contribution in [0, 0.1) is 0 Å². The van der Waals surface area contributed by atoms with E-state index < -0.39 is 24.6 Å². The number of hydrogen-bond donors (Lipinski definition) is 0. The zero-order valence-corrected chi connectivity index (χ0v) is 15.7. The Labute approximate surface area is 116 Å². The largest absolute Gasteiger partial charge is 0.453 e. The SMILES string of the molecule is C=C[Si](C)(C)OB(O[Si](C)(C)C=C)[Si](C)(C)C=C. The lowest BCUT2D eigenvalue weighted by Gasteiger charge is -2.36. The van der Waals surface area contributed by atoms with Gasteiger partial charge in [-0.1, -0.05) is 24.5 Å². The summed E-state index contributed by atoms with van der Waals surface area (Å²) in [4.78, 5) is 0. The van der Waals surface area contributed by atoms with Crippen molar-refractivity contribution in [3.63, 3.8) is 0 Å². The van der Waals surface area contributed by atoms with Crippen molar-refractivity contribution in [2.75, 3.05) is 0 Å². The molecule has 0 radical (unpaired) electrons. The zero-order chi connectivity index (χ0) is 14.6. The molecule has 0 heterocycles. The van der Waals surface area contributed by atoms with Crippen LogP contribution >= 0.6 is 0 Å². The van der Waals surface area contributed by atoms with E-state index in [4.69, 9.17) is 8.69 Å². The Balaban J connectivity index is 5.14. The van der Waals surface area contributed by atoms with Crippen LogP contribution < -0.4 is 0 Å². The third-order valence-electron chi connectivity index (χ3n) is 2.94. The minimum Gasteiger partial charge on any atom is -0.453 e. The van der Waals surface area contributed by atoms with Crippen molar-refractivity contribution in [2.24, 2.45) is 0 Å². The van der Waals surface area contributed by atoms with Crippen molar-refractivity contribution in [1.29, 1.82) is 0 Å². The molecule has 0 aromatic heterocycles. The summed E-state index contributed by atoms with van der Waals surface area (Å²) in [5.41, 5.74) is 5.91. The van der Waals surface area contributed by atoms with E-state index in [1.54, 1.807) is 0 Å². The summed E-state index contributed by atoms with van der Waals surface area (Å²) >= 11 is 0. The predicted molar refractivity (Wildman–Crippen MR) is 91.0 cm³/mol. The Kier molecular flexibility index (Phi) is 6.29. The summed E-state index contributed by atoms with van der Waals surface area (Å²) in [5.74, 6) is 0. The van der Waals surface area contributed by atoms with E-state index >= 15 is 0 Å². The lowest BCUT2D eigenvalue weighted by atomic mass is 10.4. The van der Waals surface area contributed by atoms with E-state index in [2.05, 4.69) is 59.0 Å². The molecule has 0 unspecified atom stereocenters. The van der Waals surface area contributed by atoms with Crippen LogP contribution in [-0.2, 0) is 8.69 Å². The van der Waals surface area contributed by atoms with Gasteiger partial charge in [-0.2, -0.15) is 0 Å². The predicted octanol–water partition coefficient (Wildman–Crippen LogP) is 3.88. The molecule has 0 aliphatic heterocycles. The van der Waals surface area contributed by atoms with Crippen molar-refractivity contribution in [3.8, 4) is 0 Å². The lowest BCUT2D eigenvalue weighted by molar-refractivity contribution is 0.446. The van der Waals surface area contributed by atoms with Crippen LogP contribution in [0.5, 0.6) is 0 Å². The molecule has 0 fully saturated rings. The van der Waals surface area contributed by atoms with Gasteiger partial charge < -0.3 is 8.69 Å². The molecular weight excluding hydrogens is 271 g/mol. The normalized spacial score (nSPS) is 13.0. The molecule has 0 aromatic carbocycles. The zero-order valence-electron chi connectivity index (χ0n) is 12.7. The Morgan fingerprint density at radius 1 is 0.722 bits per heavy atom. The van der Waals surface area contributed by atoms with Crippen LogP contribution in [0.3, 0.4) is 0 Å². The van der Waals surface area contributed by atoms with Gasteiger partial charge in [-0.15, -0.1) is 25.4 Å². The topological polar surface area (TPSA) is 18.5 Å². The fourth-order valence-electron chi connectivity index (χ4n) is 1.07. The molecule has 102 valence electrons. The van der Waals surface area contributed by atoms with E-state index in [0.717, 1.165) is 0 Å². The fourth-order valence-corrected chi connectivity index (χ4v) is 7.01. The van der Waals surface area contributed by atoms with Gasteiger partial charge in [-0.05, 0) is 26.2 Å². The summed E-state index contributed by atoms with van der Waals surface area (Å²) < 4.78 is 12.5. The van der Waals surface area contributed by atoms with Crippen molar-refractivity contribution >= 4 is 31.3 Å². The third-order valence-corrected chi connectivity index (χ3v) is 9.52. The second-order valence-corrected chi connectivity index (χ2v) is 18.4. The summed E-state index contributed by atoms with van der Waals surface area (Å²) in [6.45, 7) is 24.5. The third kappa shape index (κ3) is 5.66. The van der Waals surface area contributed by atoms with E-state index in [-0.39, 0.29) is 6.71 Å². The average Bonchev–Trinajstić information content (AvgIpc) is 2.27. The Morgan fingerprint density at radius 2 is 1.06 bits per heavy atom. The molecule has 0 saturated carbocycles. The molecule has 0 saturated heterocycles. The maximum Gasteiger partial charge on any atom is 0.416 e. The van der Waals surface area contributed by atoms with Gasteiger partial charge >= 0.3 is 6.71 Å². The summed E-state index contributed by atoms with van der Waals surface area (Å²) in [5, 5.41) is 0. The standard InChI is InChI=1S/C12H27BO2Si3/c1-10-16(4,5)13(14-17(6,7)11-2)15-18(8,9)12-3/h10-12H,1-3H2,4-9H3. The van der Waals surface area contributed by atoms with Gasteiger partial charge in [-0.3, -0.25) is 0 Å². The molecule has 0 aromatic rings. The number of hydrogen-bond acceptors (Lipinski definition) is 2. The molecule has 0 spiro atoms. The highest BCUT2D eigenvalue weighted by atomic mass is 28.4. The average molecular weight is 298 g/mol. The maximum atomic E-state index is 6.26. The smallest absolute Gasteiger partial charge is 0.416 e. The van der Waals surface area contributed by atoms with Crippen LogP contribution in [-0.4, -0.2) is 31.3 Å². The Hall–Kier alpha value is -0.144. The Bertz CT molecular complexity index is 305. The van der Waals surface area contributed by atoms with Crippen LogP contribution in [0.1, 0.15) is 0 Å². The van der Waals surface area contributed by atoms with E-state index in [1.165, 1.54) is 0 Å². The highest BCUT2D eigenvalue weighted by Gasteiger charge is 2.43. The highest BCUT2D eigenvalue weighted by Crippen LogP contribution is 2.20. The summed E-state index contributed by atoms with van der Waals surface area (Å²) in [7, 11) is -5.50. The molecule has 0 atom stereocenters.